The van der Waals surface area contributed by atoms with Crippen LogP contribution in [0.25, 0.3) is 0 Å². The maximum atomic E-state index is 4.93. The molecule has 2 aromatic carbocycles. The van der Waals surface area contributed by atoms with Crippen molar-refractivity contribution in [2.24, 2.45) is 71.0 Å². The van der Waals surface area contributed by atoms with Gasteiger partial charge in [0.25, 0.3) is 0 Å². The Morgan fingerprint density at radius 2 is 0.875 bits per heavy atom. The second kappa shape index (κ2) is 16.3. The van der Waals surface area contributed by atoms with Crippen molar-refractivity contribution in [1.29, 1.82) is 0 Å². The molecule has 2 aromatic rings. The van der Waals surface area contributed by atoms with Gasteiger partial charge >= 0.3 is 37.9 Å². The van der Waals surface area contributed by atoms with Crippen LogP contribution in [-0.4, -0.2) is 0 Å². The minimum atomic E-state index is -0.826. The first-order valence-corrected chi connectivity index (χ1v) is 25.6. The molecule has 8 rings (SSSR count). The quantitative estimate of drug-likeness (QED) is 0.272. The molecule has 0 bridgehead atoms. The first kappa shape index (κ1) is 39.1. The van der Waals surface area contributed by atoms with Gasteiger partial charge in [-0.1, -0.05) is 98.2 Å². The van der Waals surface area contributed by atoms with Gasteiger partial charge in [0.05, 0.1) is 0 Å². The number of hydrogen-bond acceptors (Lipinski definition) is 0. The van der Waals surface area contributed by atoms with E-state index in [-0.39, 0.29) is 14.9 Å². The molecule has 3 heteroatoms. The van der Waals surface area contributed by atoms with Crippen molar-refractivity contribution in [2.75, 3.05) is 0 Å². The van der Waals surface area contributed by atoms with Crippen LogP contribution < -0.4 is 0 Å². The molecule has 6 saturated carbocycles. The Bertz CT molecular complexity index is 1230. The average molecular weight is 769 g/mol. The minimum absolute atomic E-state index is 0. The van der Waals surface area contributed by atoms with E-state index in [1.165, 1.54) is 73.6 Å². The fourth-order valence-corrected chi connectivity index (χ4v) is 14.1. The zero-order chi connectivity index (χ0) is 32.3. The summed E-state index contributed by atoms with van der Waals surface area (Å²) in [5.41, 5.74) is 9.40. The van der Waals surface area contributed by atoms with Crippen LogP contribution in [0.3, 0.4) is 0 Å². The van der Waals surface area contributed by atoms with E-state index in [9.17, 15) is 0 Å². The van der Waals surface area contributed by atoms with E-state index >= 15 is 0 Å². The summed E-state index contributed by atoms with van der Waals surface area (Å²) in [6.07, 6.45) is 16.7. The molecule has 14 unspecified atom stereocenters. The summed E-state index contributed by atoms with van der Waals surface area (Å²) in [5.74, 6) is 13.1. The van der Waals surface area contributed by atoms with E-state index in [0.29, 0.717) is 0 Å². The van der Waals surface area contributed by atoms with Gasteiger partial charge in [-0.05, 0) is 167 Å². The first-order chi connectivity index (χ1) is 22.2. The van der Waals surface area contributed by atoms with Crippen LogP contribution in [0.4, 0.5) is 0 Å². The molecule has 0 saturated heterocycles. The van der Waals surface area contributed by atoms with E-state index in [2.05, 4.69) is 77.9 Å². The van der Waals surface area contributed by atoms with Gasteiger partial charge in [0.2, 0.25) is 0 Å². The standard InChI is InChI=1S/C43H60.2CH3.2ClH.Zr/c1-24-13-25(2)16-32(15-24)42-34-11-7-9-30(34)21-38-36(28(5)19-40(38)42)23-37-29(6)20-41-39(37)22-31-10-8-12-35(31)43(41)33-17-26(3)14-27(4)18-33;;;;;/h13-18,28-31,34-43H,7-12,19-23H2,1-6H3;2*1H3;2*1H;/q;2*-1;;;+4/p-2. The number of rotatable bonds is 4. The van der Waals surface area contributed by atoms with Gasteiger partial charge in [-0.15, -0.1) is 0 Å². The van der Waals surface area contributed by atoms with Crippen LogP contribution in [0, 0.1) is 114 Å². The van der Waals surface area contributed by atoms with Crippen molar-refractivity contribution >= 4 is 17.0 Å². The Labute approximate surface area is 315 Å². The van der Waals surface area contributed by atoms with Gasteiger partial charge in [0.15, 0.2) is 0 Å². The number of aryl methyl sites for hydroxylation is 4. The summed E-state index contributed by atoms with van der Waals surface area (Å²) >= 11 is -0.826. The maximum absolute atomic E-state index is 4.93. The second-order valence-electron chi connectivity index (χ2n) is 17.8. The molecule has 6 fully saturated rings. The Morgan fingerprint density at radius 3 is 1.23 bits per heavy atom. The molecule has 6 aliphatic carbocycles. The van der Waals surface area contributed by atoms with Crippen LogP contribution in [0.15, 0.2) is 36.4 Å². The molecule has 0 nitrogen and oxygen atoms in total. The topological polar surface area (TPSA) is 0 Å². The van der Waals surface area contributed by atoms with Crippen LogP contribution in [0.1, 0.15) is 130 Å². The third-order valence-corrected chi connectivity index (χ3v) is 15.2. The van der Waals surface area contributed by atoms with Gasteiger partial charge in [0, 0.05) is 0 Å². The zero-order valence-corrected chi connectivity index (χ0v) is 35.6. The number of halogens is 2. The number of fused-ring (bicyclic) bond motifs is 4. The van der Waals surface area contributed by atoms with Crippen molar-refractivity contribution < 1.29 is 20.8 Å². The molecule has 48 heavy (non-hydrogen) atoms. The molecule has 0 radical (unpaired) electrons. The molecule has 6 aliphatic rings. The van der Waals surface area contributed by atoms with E-state index in [1.54, 1.807) is 30.4 Å². The summed E-state index contributed by atoms with van der Waals surface area (Å²) < 4.78 is 0. The molecule has 0 amide bonds. The van der Waals surface area contributed by atoms with E-state index in [4.69, 9.17) is 17.0 Å². The van der Waals surface area contributed by atoms with Gasteiger partial charge < -0.3 is 14.9 Å². The normalized spacial score (nSPS) is 40.6. The summed E-state index contributed by atoms with van der Waals surface area (Å²) in [5, 5.41) is 0. The zero-order valence-electron chi connectivity index (χ0n) is 31.6. The molecule has 0 N–H and O–H groups in total. The van der Waals surface area contributed by atoms with E-state index in [0.717, 1.165) is 82.9 Å². The monoisotopic (exact) mass is 766 g/mol. The van der Waals surface area contributed by atoms with Gasteiger partial charge in [-0.25, -0.2) is 0 Å². The molecular formula is C45H66Cl2Zr. The van der Waals surface area contributed by atoms with Crippen molar-refractivity contribution in [2.45, 2.75) is 124 Å². The molecule has 0 aromatic heterocycles. The Balaban J connectivity index is 0.000000871. The van der Waals surface area contributed by atoms with Crippen molar-refractivity contribution in [3.05, 3.63) is 84.6 Å². The van der Waals surface area contributed by atoms with Crippen LogP contribution in [0.2, 0.25) is 0 Å². The molecule has 264 valence electrons. The average Bonchev–Trinajstić information content (AvgIpc) is 3.77. The van der Waals surface area contributed by atoms with Crippen molar-refractivity contribution in [3.8, 4) is 0 Å². The van der Waals surface area contributed by atoms with Crippen molar-refractivity contribution in [1.82, 2.24) is 0 Å². The van der Waals surface area contributed by atoms with E-state index in [1.807, 2.05) is 0 Å². The predicted molar refractivity (Wildman–Crippen MR) is 206 cm³/mol. The van der Waals surface area contributed by atoms with Crippen LogP contribution >= 0.6 is 17.0 Å². The van der Waals surface area contributed by atoms with Gasteiger partial charge in [-0.2, -0.15) is 0 Å². The Kier molecular flexibility index (Phi) is 13.3. The van der Waals surface area contributed by atoms with Gasteiger partial charge in [0.1, 0.15) is 0 Å². The predicted octanol–water partition coefficient (Wildman–Crippen LogP) is 13.9. The fourth-order valence-electron chi connectivity index (χ4n) is 14.1. The first-order valence-electron chi connectivity index (χ1n) is 19.3. The van der Waals surface area contributed by atoms with Gasteiger partial charge in [-0.3, -0.25) is 0 Å². The molecule has 14 atom stereocenters. The summed E-state index contributed by atoms with van der Waals surface area (Å²) in [6, 6.07) is 15.2. The second-order valence-corrected chi connectivity index (χ2v) is 21.5. The molecule has 0 aliphatic heterocycles. The molecule has 0 spiro atoms. The number of hydrogen-bond donors (Lipinski definition) is 0. The fraction of sp³-hybridized carbons (Fsp3) is 0.689. The molecule has 0 heterocycles. The van der Waals surface area contributed by atoms with Crippen LogP contribution in [0.5, 0.6) is 0 Å². The summed E-state index contributed by atoms with van der Waals surface area (Å²) in [7, 11) is 9.87. The van der Waals surface area contributed by atoms with E-state index < -0.39 is 20.8 Å². The SMILES string of the molecule is Cc1cc(C)cc(C2C3CCCC3CC3C(CC4C(C)CC5C4CC4CCCC4C5c4cc(C)cc(C)c4)C(C)CC32)c1.[CH3-].[CH3-].[Cl][Zr+2][Cl]. The number of benzene rings is 2. The van der Waals surface area contributed by atoms with Crippen LogP contribution in [-0.2, 0) is 20.8 Å². The Morgan fingerprint density at radius 1 is 0.521 bits per heavy atom. The molecular weight excluding hydrogens is 703 g/mol. The summed E-state index contributed by atoms with van der Waals surface area (Å²) in [6.45, 7) is 14.7. The third-order valence-electron chi connectivity index (χ3n) is 15.2. The Hall–Kier alpha value is -0.0969. The summed E-state index contributed by atoms with van der Waals surface area (Å²) in [4.78, 5) is 0. The van der Waals surface area contributed by atoms with Crippen molar-refractivity contribution in [3.63, 3.8) is 0 Å². The third kappa shape index (κ3) is 7.39.